The number of aliphatic hydroxyl groups excluding tert-OH is 1. The Hall–Kier alpha value is -4.86. The predicted octanol–water partition coefficient (Wildman–Crippen LogP) is 8.89. The molecule has 8 nitrogen and oxygen atoms in total. The highest BCUT2D eigenvalue weighted by Gasteiger charge is 2.33. The van der Waals surface area contributed by atoms with Crippen LogP contribution in [0.1, 0.15) is 91.7 Å². The summed E-state index contributed by atoms with van der Waals surface area (Å²) in [5.74, 6) is -0.830. The average molecular weight is 715 g/mol. The van der Waals surface area contributed by atoms with Gasteiger partial charge in [-0.25, -0.2) is 0 Å². The minimum absolute atomic E-state index is 0.000900. The zero-order chi connectivity index (χ0) is 37.2. The van der Waals surface area contributed by atoms with Crippen LogP contribution < -0.4 is 5.32 Å². The van der Waals surface area contributed by atoms with Gasteiger partial charge in [-0.3, -0.25) is 14.5 Å². The Morgan fingerprint density at radius 1 is 0.774 bits per heavy atom. The Bertz CT molecular complexity index is 1960. The summed E-state index contributed by atoms with van der Waals surface area (Å²) >= 11 is 0. The molecule has 1 aliphatic rings. The minimum Gasteiger partial charge on any atom is -0.481 e. The third-order valence-corrected chi connectivity index (χ3v) is 10.3. The lowest BCUT2D eigenvalue weighted by molar-refractivity contribution is -0.253. The number of aliphatic carboxylic acids is 1. The van der Waals surface area contributed by atoms with E-state index in [1.165, 1.54) is 16.3 Å². The summed E-state index contributed by atoms with van der Waals surface area (Å²) in [5.41, 5.74) is 7.23. The van der Waals surface area contributed by atoms with Crippen LogP contribution in [0.3, 0.4) is 0 Å². The first-order valence-electron chi connectivity index (χ1n) is 18.6. The van der Waals surface area contributed by atoms with E-state index < -0.39 is 12.3 Å². The molecule has 0 radical (unpaired) electrons. The number of hydrogen-bond acceptors (Lipinski definition) is 6. The third-order valence-electron chi connectivity index (χ3n) is 10.3. The molecular weight excluding hydrogens is 665 g/mol. The lowest BCUT2D eigenvalue weighted by Crippen LogP contribution is -2.38. The number of nitrogens with one attached hydrogen (secondary N) is 1. The Balaban J connectivity index is 1.12. The van der Waals surface area contributed by atoms with Crippen LogP contribution in [0.4, 0.5) is 0 Å². The normalized spacial score (nSPS) is 17.8. The van der Waals surface area contributed by atoms with Crippen molar-refractivity contribution >= 4 is 22.6 Å². The van der Waals surface area contributed by atoms with Crippen molar-refractivity contribution in [2.45, 2.75) is 83.1 Å². The molecule has 53 heavy (non-hydrogen) atoms. The van der Waals surface area contributed by atoms with E-state index in [1.807, 2.05) is 36.4 Å². The van der Waals surface area contributed by atoms with E-state index in [4.69, 9.17) is 14.6 Å². The molecule has 0 aliphatic carbocycles. The number of aliphatic hydroxyl groups is 1. The summed E-state index contributed by atoms with van der Waals surface area (Å²) in [5, 5.41) is 23.9. The number of likely N-dealkylation sites (N-methyl/N-ethyl adjacent to an activating group) is 1. The minimum atomic E-state index is -0.800. The van der Waals surface area contributed by atoms with Crippen molar-refractivity contribution in [3.05, 3.63) is 143 Å². The van der Waals surface area contributed by atoms with Gasteiger partial charge in [0.2, 0.25) is 5.91 Å². The summed E-state index contributed by atoms with van der Waals surface area (Å²) in [7, 11) is 2.15. The van der Waals surface area contributed by atoms with Gasteiger partial charge in [0, 0.05) is 44.0 Å². The molecule has 0 unspecified atom stereocenters. The summed E-state index contributed by atoms with van der Waals surface area (Å²) in [6.07, 6.45) is 2.42. The third kappa shape index (κ3) is 10.4. The Morgan fingerprint density at radius 3 is 2.26 bits per heavy atom. The molecule has 0 saturated carbocycles. The van der Waals surface area contributed by atoms with E-state index >= 15 is 0 Å². The van der Waals surface area contributed by atoms with E-state index in [9.17, 15) is 14.7 Å². The van der Waals surface area contributed by atoms with E-state index in [0.717, 1.165) is 46.3 Å². The molecular formula is C45H50N2O6. The SMILES string of the molecule is C[C@H](c1ccc2ccccc2c1)N(C)C[C@@H]1C[C@H](c2ccc(CO)cc2)O[C@H](c2ccc(-c3cccc(CNC(=O)CCCCCC(=O)O)c3)cc2)O1. The van der Waals surface area contributed by atoms with E-state index in [2.05, 4.69) is 103 Å². The number of benzene rings is 5. The maximum absolute atomic E-state index is 12.4. The second-order valence-corrected chi connectivity index (χ2v) is 14.1. The molecule has 0 spiro atoms. The van der Waals surface area contributed by atoms with Crippen molar-refractivity contribution in [2.24, 2.45) is 0 Å². The molecule has 5 aromatic carbocycles. The Morgan fingerprint density at radius 2 is 1.51 bits per heavy atom. The molecule has 1 aliphatic heterocycles. The lowest BCUT2D eigenvalue weighted by Gasteiger charge is -2.39. The molecule has 8 heteroatoms. The maximum Gasteiger partial charge on any atom is 0.303 e. The fraction of sp³-hybridized carbons (Fsp3) is 0.333. The number of carboxylic acid groups (broad SMARTS) is 1. The van der Waals surface area contributed by atoms with E-state index in [-0.39, 0.29) is 37.2 Å². The summed E-state index contributed by atoms with van der Waals surface area (Å²) < 4.78 is 13.3. The summed E-state index contributed by atoms with van der Waals surface area (Å²) in [6.45, 7) is 3.39. The Labute approximate surface area is 312 Å². The number of ether oxygens (including phenoxy) is 2. The molecule has 5 aromatic rings. The monoisotopic (exact) mass is 714 g/mol. The van der Waals surface area contributed by atoms with Crippen molar-refractivity contribution in [1.29, 1.82) is 0 Å². The number of amides is 1. The maximum atomic E-state index is 12.4. The first kappa shape index (κ1) is 37.9. The highest BCUT2D eigenvalue weighted by atomic mass is 16.7. The number of carbonyl (C=O) groups is 2. The zero-order valence-electron chi connectivity index (χ0n) is 30.6. The van der Waals surface area contributed by atoms with Crippen LogP contribution in [0, 0.1) is 0 Å². The fourth-order valence-corrected chi connectivity index (χ4v) is 6.96. The molecule has 0 aromatic heterocycles. The quantitative estimate of drug-likeness (QED) is 0.0877. The number of nitrogens with zero attached hydrogens (tertiary/aromatic N) is 1. The van der Waals surface area contributed by atoms with Gasteiger partial charge in [0.25, 0.3) is 0 Å². The molecule has 6 rings (SSSR count). The second-order valence-electron chi connectivity index (χ2n) is 14.1. The van der Waals surface area contributed by atoms with E-state index in [0.29, 0.717) is 32.2 Å². The highest BCUT2D eigenvalue weighted by molar-refractivity contribution is 5.83. The molecule has 4 atom stereocenters. The van der Waals surface area contributed by atoms with Gasteiger partial charge in [0.05, 0.1) is 18.8 Å². The highest BCUT2D eigenvalue weighted by Crippen LogP contribution is 2.39. The zero-order valence-corrected chi connectivity index (χ0v) is 30.6. The van der Waals surface area contributed by atoms with Crippen molar-refractivity contribution in [3.63, 3.8) is 0 Å². The molecule has 1 heterocycles. The van der Waals surface area contributed by atoms with Gasteiger partial charge in [-0.2, -0.15) is 0 Å². The molecule has 1 fully saturated rings. The van der Waals surface area contributed by atoms with Gasteiger partial charge in [-0.15, -0.1) is 0 Å². The number of unbranched alkanes of at least 4 members (excludes halogenated alkanes) is 2. The van der Waals surface area contributed by atoms with Crippen LogP contribution in [-0.2, 0) is 32.2 Å². The van der Waals surface area contributed by atoms with Crippen LogP contribution >= 0.6 is 0 Å². The van der Waals surface area contributed by atoms with Crippen LogP contribution in [-0.4, -0.2) is 46.7 Å². The Kier molecular flexibility index (Phi) is 13.0. The number of fused-ring (bicyclic) bond motifs is 1. The average Bonchev–Trinajstić information content (AvgIpc) is 3.19. The number of rotatable bonds is 16. The van der Waals surface area contributed by atoms with Gasteiger partial charge in [-0.05, 0) is 83.1 Å². The van der Waals surface area contributed by atoms with Crippen LogP contribution in [0.15, 0.2) is 115 Å². The fourth-order valence-electron chi connectivity index (χ4n) is 6.96. The van der Waals surface area contributed by atoms with Gasteiger partial charge in [0.1, 0.15) is 0 Å². The van der Waals surface area contributed by atoms with Gasteiger partial charge >= 0.3 is 5.97 Å². The standard InChI is InChI=1S/C45H50N2O6/c1-31(38-24-21-34-10-6-7-11-40(34)26-38)47(2)29-41-27-42(36-17-15-32(30-48)16-18-36)53-45(52-41)37-22-19-35(20-23-37)39-12-8-9-33(25-39)28-46-43(49)13-4-3-5-14-44(50)51/h6-12,15-26,31,41-42,45,48H,3-5,13-14,27-30H2,1-2H3,(H,46,49)(H,50,51)/t31-,41+,42-,45-/m1/s1. The first-order valence-corrected chi connectivity index (χ1v) is 18.6. The van der Waals surface area contributed by atoms with E-state index in [1.54, 1.807) is 0 Å². The van der Waals surface area contributed by atoms with Crippen LogP contribution in [0.5, 0.6) is 0 Å². The van der Waals surface area contributed by atoms with Crippen molar-refractivity contribution in [3.8, 4) is 11.1 Å². The predicted molar refractivity (Wildman–Crippen MR) is 208 cm³/mol. The van der Waals surface area contributed by atoms with Gasteiger partial charge in [0.15, 0.2) is 6.29 Å². The smallest absolute Gasteiger partial charge is 0.303 e. The van der Waals surface area contributed by atoms with Crippen LogP contribution in [0.2, 0.25) is 0 Å². The van der Waals surface area contributed by atoms with Crippen molar-refractivity contribution in [2.75, 3.05) is 13.6 Å². The lowest BCUT2D eigenvalue weighted by atomic mass is 9.98. The number of carboxylic acids is 1. The number of carbonyl (C=O) groups excluding carboxylic acids is 1. The largest absolute Gasteiger partial charge is 0.481 e. The first-order chi connectivity index (χ1) is 25.7. The molecule has 276 valence electrons. The van der Waals surface area contributed by atoms with Crippen molar-refractivity contribution < 1.29 is 29.3 Å². The summed E-state index contributed by atoms with van der Waals surface area (Å²) in [6, 6.07) is 39.7. The topological polar surface area (TPSA) is 108 Å². The molecule has 3 N–H and O–H groups in total. The summed E-state index contributed by atoms with van der Waals surface area (Å²) in [4.78, 5) is 25.4. The molecule has 1 amide bonds. The van der Waals surface area contributed by atoms with Gasteiger partial charge < -0.3 is 25.0 Å². The molecule has 1 saturated heterocycles. The van der Waals surface area contributed by atoms with Crippen LogP contribution in [0.25, 0.3) is 21.9 Å². The number of hydrogen-bond donors (Lipinski definition) is 3. The molecule has 0 bridgehead atoms. The van der Waals surface area contributed by atoms with Crippen molar-refractivity contribution in [1.82, 2.24) is 10.2 Å². The van der Waals surface area contributed by atoms with Gasteiger partial charge in [-0.1, -0.05) is 110 Å². The second kappa shape index (κ2) is 18.3.